The smallest absolute Gasteiger partial charge is 0.345 e. The zero-order valence-corrected chi connectivity index (χ0v) is 14.1. The molecule has 7 nitrogen and oxygen atoms in total. The zero-order valence-electron chi connectivity index (χ0n) is 14.1. The third kappa shape index (κ3) is 4.52. The van der Waals surface area contributed by atoms with Crippen LogP contribution in [0.5, 0.6) is 0 Å². The number of amidine groups is 1. The predicted molar refractivity (Wildman–Crippen MR) is 93.3 cm³/mol. The van der Waals surface area contributed by atoms with E-state index in [1.54, 1.807) is 18.3 Å². The minimum atomic E-state index is -4.36. The van der Waals surface area contributed by atoms with Crippen LogP contribution in [0.15, 0.2) is 36.8 Å². The van der Waals surface area contributed by atoms with Gasteiger partial charge < -0.3 is 15.2 Å². The number of rotatable bonds is 4. The van der Waals surface area contributed by atoms with Crippen LogP contribution in [0.2, 0.25) is 0 Å². The average Bonchev–Trinajstić information content (AvgIpc) is 3.30. The highest BCUT2D eigenvalue weighted by atomic mass is 19.4. The number of pyridine rings is 1. The minimum Gasteiger partial charge on any atom is -0.345 e. The van der Waals surface area contributed by atoms with E-state index < -0.39 is 18.1 Å². The number of likely N-dealkylation sites (tertiary alicyclic amines) is 1. The number of H-pyrrole nitrogens is 1. The van der Waals surface area contributed by atoms with Crippen molar-refractivity contribution in [3.63, 3.8) is 0 Å². The molecule has 1 aliphatic heterocycles. The maximum Gasteiger partial charge on any atom is 0.408 e. The predicted octanol–water partition coefficient (Wildman–Crippen LogP) is 3.07. The fourth-order valence-electron chi connectivity index (χ4n) is 2.82. The Morgan fingerprint density at radius 2 is 2.22 bits per heavy atom. The summed E-state index contributed by atoms with van der Waals surface area (Å²) in [5.74, 6) is -0.409. The second-order valence-corrected chi connectivity index (χ2v) is 5.99. The van der Waals surface area contributed by atoms with Crippen LogP contribution in [-0.2, 0) is 0 Å². The monoisotopic (exact) mass is 378 g/mol. The maximum atomic E-state index is 13.0. The first-order valence-corrected chi connectivity index (χ1v) is 8.21. The van der Waals surface area contributed by atoms with Gasteiger partial charge in [-0.2, -0.15) is 13.2 Å². The molecule has 0 saturated carbocycles. The summed E-state index contributed by atoms with van der Waals surface area (Å²) in [4.78, 5) is 23.8. The quantitative estimate of drug-likeness (QED) is 0.563. The van der Waals surface area contributed by atoms with E-state index in [4.69, 9.17) is 5.41 Å². The van der Waals surface area contributed by atoms with Crippen LogP contribution in [-0.4, -0.2) is 50.4 Å². The normalized spacial score (nSPS) is 17.4. The topological polar surface area (TPSA) is 97.8 Å². The number of hydrogen-bond donors (Lipinski definition) is 3. The fourth-order valence-corrected chi connectivity index (χ4v) is 2.82. The molecule has 1 atom stereocenters. The Bertz CT molecular complexity index is 846. The number of alkyl halides is 3. The van der Waals surface area contributed by atoms with Crippen molar-refractivity contribution < 1.29 is 18.0 Å². The molecule has 142 valence electrons. The minimum absolute atomic E-state index is 0.0147. The molecule has 10 heteroatoms. The number of halogens is 3. The van der Waals surface area contributed by atoms with Crippen molar-refractivity contribution >= 4 is 23.5 Å². The molecule has 3 rings (SSSR count). The van der Waals surface area contributed by atoms with Crippen molar-refractivity contribution in [2.45, 2.75) is 25.1 Å². The SMILES string of the molecule is N=C(/C=C\c1ncc(C(=O)Nc2cccnc2)[nH]1)N1CCCC1C(F)(F)F. The molecule has 1 fully saturated rings. The van der Waals surface area contributed by atoms with Gasteiger partial charge in [0.15, 0.2) is 0 Å². The summed E-state index contributed by atoms with van der Waals surface area (Å²) in [7, 11) is 0. The van der Waals surface area contributed by atoms with Gasteiger partial charge in [-0.25, -0.2) is 4.98 Å². The van der Waals surface area contributed by atoms with Crippen LogP contribution >= 0.6 is 0 Å². The number of nitrogens with one attached hydrogen (secondary N) is 3. The lowest BCUT2D eigenvalue weighted by Crippen LogP contribution is -2.43. The number of carbonyl (C=O) groups is 1. The molecule has 0 spiro atoms. The number of nitrogens with zero attached hydrogens (tertiary/aromatic N) is 3. The summed E-state index contributed by atoms with van der Waals surface area (Å²) < 4.78 is 38.9. The molecule has 1 saturated heterocycles. The average molecular weight is 378 g/mol. The van der Waals surface area contributed by atoms with Crippen LogP contribution < -0.4 is 5.32 Å². The molecule has 0 aliphatic carbocycles. The number of hydrogen-bond acceptors (Lipinski definition) is 4. The van der Waals surface area contributed by atoms with Crippen molar-refractivity contribution in [3.05, 3.63) is 48.3 Å². The highest BCUT2D eigenvalue weighted by molar-refractivity contribution is 6.02. The van der Waals surface area contributed by atoms with Crippen LogP contribution in [0.4, 0.5) is 18.9 Å². The van der Waals surface area contributed by atoms with E-state index in [-0.39, 0.29) is 30.3 Å². The third-order valence-electron chi connectivity index (χ3n) is 4.10. The Kier molecular flexibility index (Phi) is 5.24. The summed E-state index contributed by atoms with van der Waals surface area (Å²) >= 11 is 0. The zero-order chi connectivity index (χ0) is 19.4. The highest BCUT2D eigenvalue weighted by Crippen LogP contribution is 2.32. The highest BCUT2D eigenvalue weighted by Gasteiger charge is 2.46. The third-order valence-corrected chi connectivity index (χ3v) is 4.10. The van der Waals surface area contributed by atoms with Crippen LogP contribution in [0.3, 0.4) is 0 Å². The molecular formula is C17H17F3N6O. The standard InChI is InChI=1S/C17H17F3N6O/c18-17(19,20)13-4-2-8-26(13)14(21)5-6-15-23-10-12(25-15)16(27)24-11-3-1-7-22-9-11/h1,3,5-7,9-10,13,21H,2,4,8H2,(H,23,25)(H,24,27)/b6-5-,21-14?. The van der Waals surface area contributed by atoms with Gasteiger partial charge in [-0.05, 0) is 37.1 Å². The molecule has 3 N–H and O–H groups in total. The Morgan fingerprint density at radius 1 is 1.41 bits per heavy atom. The molecule has 3 heterocycles. The first-order chi connectivity index (χ1) is 12.8. The van der Waals surface area contributed by atoms with E-state index in [9.17, 15) is 18.0 Å². The molecule has 2 aromatic rings. The molecular weight excluding hydrogens is 361 g/mol. The molecule has 27 heavy (non-hydrogen) atoms. The molecule has 1 unspecified atom stereocenters. The van der Waals surface area contributed by atoms with Gasteiger partial charge in [0.1, 0.15) is 23.4 Å². The van der Waals surface area contributed by atoms with Gasteiger partial charge in [0.25, 0.3) is 5.91 Å². The number of imidazole rings is 1. The van der Waals surface area contributed by atoms with Gasteiger partial charge >= 0.3 is 6.18 Å². The molecule has 2 aromatic heterocycles. The Labute approximate surface area is 152 Å². The first kappa shape index (κ1) is 18.6. The van der Waals surface area contributed by atoms with E-state index in [0.29, 0.717) is 12.1 Å². The molecule has 0 bridgehead atoms. The molecule has 0 aromatic carbocycles. The maximum absolute atomic E-state index is 13.0. The second kappa shape index (κ2) is 7.60. The van der Waals surface area contributed by atoms with Crippen molar-refractivity contribution in [1.82, 2.24) is 19.9 Å². The van der Waals surface area contributed by atoms with Gasteiger partial charge in [-0.3, -0.25) is 15.2 Å². The van der Waals surface area contributed by atoms with E-state index >= 15 is 0 Å². The first-order valence-electron chi connectivity index (χ1n) is 8.21. The lowest BCUT2D eigenvalue weighted by molar-refractivity contribution is -0.166. The summed E-state index contributed by atoms with van der Waals surface area (Å²) in [6.07, 6.45) is 3.00. The second-order valence-electron chi connectivity index (χ2n) is 5.99. The lowest BCUT2D eigenvalue weighted by Gasteiger charge is -2.27. The van der Waals surface area contributed by atoms with E-state index in [1.807, 2.05) is 0 Å². The summed E-state index contributed by atoms with van der Waals surface area (Å²) in [6.45, 7) is 0.185. The van der Waals surface area contributed by atoms with Gasteiger partial charge in [-0.15, -0.1) is 0 Å². The number of aromatic amines is 1. The van der Waals surface area contributed by atoms with Crippen LogP contribution in [0.25, 0.3) is 6.08 Å². The summed E-state index contributed by atoms with van der Waals surface area (Å²) in [6, 6.07) is 1.72. The fraction of sp³-hybridized carbons (Fsp3) is 0.294. The molecule has 1 aliphatic rings. The van der Waals surface area contributed by atoms with E-state index in [1.165, 1.54) is 24.5 Å². The molecule has 0 radical (unpaired) electrons. The Balaban J connectivity index is 1.63. The Morgan fingerprint density at radius 3 is 2.93 bits per heavy atom. The number of amides is 1. The van der Waals surface area contributed by atoms with E-state index in [2.05, 4.69) is 20.3 Å². The summed E-state index contributed by atoms with van der Waals surface area (Å²) in [5.41, 5.74) is 0.697. The number of carbonyl (C=O) groups excluding carboxylic acids is 1. The van der Waals surface area contributed by atoms with Crippen molar-refractivity contribution in [2.75, 3.05) is 11.9 Å². The van der Waals surface area contributed by atoms with Crippen LogP contribution in [0, 0.1) is 5.41 Å². The van der Waals surface area contributed by atoms with E-state index in [0.717, 1.165) is 4.90 Å². The van der Waals surface area contributed by atoms with Crippen molar-refractivity contribution in [2.24, 2.45) is 0 Å². The van der Waals surface area contributed by atoms with Crippen molar-refractivity contribution in [1.29, 1.82) is 5.41 Å². The lowest BCUT2D eigenvalue weighted by atomic mass is 10.2. The van der Waals surface area contributed by atoms with Crippen molar-refractivity contribution in [3.8, 4) is 0 Å². The molecule has 1 amide bonds. The largest absolute Gasteiger partial charge is 0.408 e. The van der Waals surface area contributed by atoms with Crippen LogP contribution in [0.1, 0.15) is 29.2 Å². The number of anilines is 1. The summed E-state index contributed by atoms with van der Waals surface area (Å²) in [5, 5.41) is 10.5. The Hall–Kier alpha value is -3.17. The van der Waals surface area contributed by atoms with Gasteiger partial charge in [0.05, 0.1) is 18.1 Å². The van der Waals surface area contributed by atoms with Gasteiger partial charge in [0, 0.05) is 12.7 Å². The van der Waals surface area contributed by atoms with Gasteiger partial charge in [-0.1, -0.05) is 0 Å². The number of aromatic nitrogens is 3. The van der Waals surface area contributed by atoms with Gasteiger partial charge in [0.2, 0.25) is 0 Å².